The molecule has 0 aliphatic heterocycles. The van der Waals surface area contributed by atoms with Crippen LogP contribution in [-0.4, -0.2) is 165 Å². The largest absolute Gasteiger partial charge is 0.491 e. The average molecular weight is 875 g/mol. The Morgan fingerprint density at radius 2 is 0.492 bits per heavy atom. The first-order chi connectivity index (χ1) is 30.4. The first-order valence-electron chi connectivity index (χ1n) is 24.0. The van der Waals surface area contributed by atoms with Crippen molar-refractivity contribution in [2.75, 3.05) is 165 Å². The summed E-state index contributed by atoms with van der Waals surface area (Å²) in [5, 5.41) is 0. The maximum atomic E-state index is 5.79. The Morgan fingerprint density at radius 1 is 0.246 bits per heavy atom. The van der Waals surface area contributed by atoms with Gasteiger partial charge < -0.3 is 61.6 Å². The second-order valence-electron chi connectivity index (χ2n) is 14.8. The summed E-state index contributed by atoms with van der Waals surface area (Å²) in [5.74, 6) is 0.886. The van der Waals surface area contributed by atoms with E-state index in [1.165, 1.54) is 89.0 Å². The third-order valence-corrected chi connectivity index (χ3v) is 9.47. The van der Waals surface area contributed by atoms with Crippen molar-refractivity contribution in [2.24, 2.45) is 0 Å². The smallest absolute Gasteiger partial charge is 0.119 e. The van der Waals surface area contributed by atoms with Crippen LogP contribution in [0.2, 0.25) is 0 Å². The first kappa shape index (κ1) is 57.6. The predicted molar refractivity (Wildman–Crippen MR) is 241 cm³/mol. The molecule has 0 spiro atoms. The van der Waals surface area contributed by atoms with Gasteiger partial charge in [0, 0.05) is 6.61 Å². The average Bonchev–Trinajstić information content (AvgIpc) is 3.28. The van der Waals surface area contributed by atoms with Crippen LogP contribution in [-0.2, 0) is 63.3 Å². The molecule has 13 heteroatoms. The van der Waals surface area contributed by atoms with Gasteiger partial charge in [-0.15, -0.1) is 0 Å². The highest BCUT2D eigenvalue weighted by Crippen LogP contribution is 2.15. The van der Waals surface area contributed by atoms with Gasteiger partial charge in [0.15, 0.2) is 0 Å². The fraction of sp³-hybridized carbons (Fsp3) is 0.875. The second kappa shape index (κ2) is 51.2. The molecule has 1 aromatic carbocycles. The molecule has 61 heavy (non-hydrogen) atoms. The van der Waals surface area contributed by atoms with Gasteiger partial charge in [-0.3, -0.25) is 0 Å². The van der Waals surface area contributed by atoms with E-state index in [4.69, 9.17) is 61.6 Å². The fourth-order valence-corrected chi connectivity index (χ4v) is 5.94. The van der Waals surface area contributed by atoms with E-state index in [2.05, 4.69) is 38.1 Å². The van der Waals surface area contributed by atoms with Crippen LogP contribution in [0.15, 0.2) is 24.3 Å². The lowest BCUT2D eigenvalue weighted by molar-refractivity contribution is -0.0285. The standard InChI is InChI=1S/C48H90O13/c1-3-5-7-9-11-12-14-16-22-49-23-24-50-25-26-51-27-28-52-29-30-53-31-32-54-33-34-55-35-36-56-37-38-57-39-40-58-41-42-59-43-44-60-45-46-61-48-20-18-47(19-21-48)17-15-13-10-8-6-4-2/h18-21H,3-17,22-46H2,1-2H3. The van der Waals surface area contributed by atoms with Crippen LogP contribution in [0.3, 0.4) is 0 Å². The van der Waals surface area contributed by atoms with Gasteiger partial charge in [0.25, 0.3) is 0 Å². The van der Waals surface area contributed by atoms with Gasteiger partial charge in [-0.1, -0.05) is 103 Å². The molecular weight excluding hydrogens is 785 g/mol. The molecule has 0 saturated carbocycles. The van der Waals surface area contributed by atoms with Crippen molar-refractivity contribution >= 4 is 0 Å². The number of benzene rings is 1. The third kappa shape index (κ3) is 46.4. The van der Waals surface area contributed by atoms with Crippen molar-refractivity contribution in [3.8, 4) is 5.75 Å². The van der Waals surface area contributed by atoms with E-state index in [-0.39, 0.29) is 0 Å². The lowest BCUT2D eigenvalue weighted by atomic mass is 10.0. The van der Waals surface area contributed by atoms with Gasteiger partial charge in [0.05, 0.1) is 152 Å². The van der Waals surface area contributed by atoms with E-state index < -0.39 is 0 Å². The number of unbranched alkanes of at least 4 members (excludes halogenated alkanes) is 12. The zero-order valence-corrected chi connectivity index (χ0v) is 38.9. The molecule has 0 aliphatic rings. The minimum absolute atomic E-state index is 0.512. The quantitative estimate of drug-likeness (QED) is 0.0585. The van der Waals surface area contributed by atoms with E-state index >= 15 is 0 Å². The van der Waals surface area contributed by atoms with Gasteiger partial charge in [0.2, 0.25) is 0 Å². The van der Waals surface area contributed by atoms with Crippen LogP contribution < -0.4 is 4.74 Å². The van der Waals surface area contributed by atoms with Crippen molar-refractivity contribution in [3.05, 3.63) is 29.8 Å². The summed E-state index contributed by atoms with van der Waals surface area (Å²) in [5.41, 5.74) is 1.38. The van der Waals surface area contributed by atoms with Gasteiger partial charge in [-0.2, -0.15) is 0 Å². The molecule has 0 fully saturated rings. The van der Waals surface area contributed by atoms with Crippen molar-refractivity contribution in [1.82, 2.24) is 0 Å². The zero-order chi connectivity index (χ0) is 43.5. The van der Waals surface area contributed by atoms with Crippen LogP contribution in [0, 0.1) is 0 Å². The molecule has 0 unspecified atom stereocenters. The highest BCUT2D eigenvalue weighted by Gasteiger charge is 2.00. The summed E-state index contributed by atoms with van der Waals surface area (Å²) >= 11 is 0. The number of hydrogen-bond acceptors (Lipinski definition) is 13. The van der Waals surface area contributed by atoms with E-state index in [1.807, 2.05) is 0 Å². The molecule has 0 amide bonds. The Hall–Kier alpha value is -1.46. The second-order valence-corrected chi connectivity index (χ2v) is 14.8. The van der Waals surface area contributed by atoms with Crippen LogP contribution >= 0.6 is 0 Å². The summed E-state index contributed by atoms with van der Waals surface area (Å²) in [4.78, 5) is 0. The highest BCUT2D eigenvalue weighted by molar-refractivity contribution is 5.27. The Kier molecular flexibility index (Phi) is 48.3. The van der Waals surface area contributed by atoms with Crippen LogP contribution in [0.1, 0.15) is 109 Å². The minimum atomic E-state index is 0.512. The number of hydrogen-bond donors (Lipinski definition) is 0. The molecule has 0 aliphatic carbocycles. The van der Waals surface area contributed by atoms with E-state index in [9.17, 15) is 0 Å². The SMILES string of the molecule is CCCCCCCCCCOCCOCCOCCOCCOCCOCCOCCOCCOCCOCCOCCOCCOc1ccc(CCCCCCCC)cc1. The molecule has 0 atom stereocenters. The van der Waals surface area contributed by atoms with Crippen LogP contribution in [0.4, 0.5) is 0 Å². The normalized spacial score (nSPS) is 11.6. The molecule has 0 heterocycles. The Balaban J connectivity index is 1.64. The van der Waals surface area contributed by atoms with Gasteiger partial charge in [-0.25, -0.2) is 0 Å². The van der Waals surface area contributed by atoms with Gasteiger partial charge >= 0.3 is 0 Å². The monoisotopic (exact) mass is 875 g/mol. The molecule has 360 valence electrons. The van der Waals surface area contributed by atoms with E-state index in [0.717, 1.165) is 25.2 Å². The molecule has 0 saturated heterocycles. The Bertz CT molecular complexity index is 943. The summed E-state index contributed by atoms with van der Waals surface area (Å²) in [6, 6.07) is 8.44. The Morgan fingerprint density at radius 3 is 0.803 bits per heavy atom. The fourth-order valence-electron chi connectivity index (χ4n) is 5.94. The van der Waals surface area contributed by atoms with Gasteiger partial charge in [0.1, 0.15) is 12.4 Å². The van der Waals surface area contributed by atoms with Crippen molar-refractivity contribution in [3.63, 3.8) is 0 Å². The zero-order valence-electron chi connectivity index (χ0n) is 38.9. The molecule has 0 bridgehead atoms. The molecule has 0 N–H and O–H groups in total. The maximum Gasteiger partial charge on any atom is 0.119 e. The van der Waals surface area contributed by atoms with Crippen LogP contribution in [0.25, 0.3) is 0 Å². The summed E-state index contributed by atoms with van der Waals surface area (Å²) in [6.07, 6.45) is 19.6. The molecule has 13 nitrogen and oxygen atoms in total. The minimum Gasteiger partial charge on any atom is -0.491 e. The lowest BCUT2D eigenvalue weighted by Gasteiger charge is -2.09. The van der Waals surface area contributed by atoms with Crippen LogP contribution in [0.5, 0.6) is 5.75 Å². The number of ether oxygens (including phenoxy) is 13. The summed E-state index contributed by atoms with van der Waals surface area (Å²) < 4.78 is 72.4. The number of aryl methyl sites for hydroxylation is 1. The van der Waals surface area contributed by atoms with Crippen molar-refractivity contribution < 1.29 is 61.6 Å². The number of rotatable bonds is 53. The Labute approximate surface area is 371 Å². The maximum absolute atomic E-state index is 5.79. The van der Waals surface area contributed by atoms with E-state index in [1.54, 1.807) is 0 Å². The molecule has 0 radical (unpaired) electrons. The lowest BCUT2D eigenvalue weighted by Crippen LogP contribution is -2.15. The van der Waals surface area contributed by atoms with Crippen molar-refractivity contribution in [2.45, 2.75) is 110 Å². The molecule has 1 rings (SSSR count). The van der Waals surface area contributed by atoms with Gasteiger partial charge in [-0.05, 0) is 37.0 Å². The first-order valence-corrected chi connectivity index (χ1v) is 24.0. The van der Waals surface area contributed by atoms with E-state index in [0.29, 0.717) is 159 Å². The predicted octanol–water partition coefficient (Wildman–Crippen LogP) is 8.31. The summed E-state index contributed by atoms with van der Waals surface area (Å²) in [7, 11) is 0. The molecule has 1 aromatic rings. The summed E-state index contributed by atoms with van der Waals surface area (Å²) in [6.45, 7) is 18.1. The highest BCUT2D eigenvalue weighted by atomic mass is 16.6. The molecular formula is C48H90O13. The van der Waals surface area contributed by atoms with Crippen molar-refractivity contribution in [1.29, 1.82) is 0 Å². The molecule has 0 aromatic heterocycles. The third-order valence-electron chi connectivity index (χ3n) is 9.47. The topological polar surface area (TPSA) is 120 Å².